The molecule has 7 nitrogen and oxygen atoms in total. The first-order chi connectivity index (χ1) is 11.3. The maximum Gasteiger partial charge on any atom is 0.343 e. The van der Waals surface area contributed by atoms with Crippen LogP contribution in [0.4, 0.5) is 9.59 Å². The lowest BCUT2D eigenvalue weighted by Gasteiger charge is -2.38. The minimum Gasteiger partial charge on any atom is -0.336 e. The minimum atomic E-state index is -0.690. The van der Waals surface area contributed by atoms with Crippen LogP contribution in [-0.2, 0) is 0 Å². The summed E-state index contributed by atoms with van der Waals surface area (Å²) >= 11 is 0. The molecular weight excluding hydrogens is 308 g/mol. The Morgan fingerprint density at radius 1 is 1.17 bits per heavy atom. The number of urea groups is 2. The van der Waals surface area contributed by atoms with Crippen molar-refractivity contribution in [3.05, 3.63) is 0 Å². The molecule has 2 N–H and O–H groups in total. The molecule has 1 fully saturated rings. The van der Waals surface area contributed by atoms with Gasteiger partial charge in [0.1, 0.15) is 0 Å². The summed E-state index contributed by atoms with van der Waals surface area (Å²) in [6.45, 7) is 11.6. The average Bonchev–Trinajstić information content (AvgIpc) is 2.72. The Hall–Kier alpha value is -1.50. The molecule has 0 bridgehead atoms. The monoisotopic (exact) mass is 342 g/mol. The minimum absolute atomic E-state index is 0.110. The Bertz CT molecular complexity index is 428. The van der Waals surface area contributed by atoms with Gasteiger partial charge in [0.2, 0.25) is 0 Å². The molecule has 1 saturated heterocycles. The zero-order valence-electron chi connectivity index (χ0n) is 15.8. The number of nitrogens with zero attached hydrogens (tertiary/aromatic N) is 3. The Morgan fingerprint density at radius 2 is 1.79 bits per heavy atom. The second kappa shape index (κ2) is 9.11. The van der Waals surface area contributed by atoms with Gasteiger partial charge in [-0.2, -0.15) is 5.06 Å². The Morgan fingerprint density at radius 3 is 2.33 bits per heavy atom. The third-order valence-electron chi connectivity index (χ3n) is 4.55. The van der Waals surface area contributed by atoms with E-state index in [1.807, 2.05) is 27.7 Å². The molecule has 0 aromatic rings. The number of amides is 4. The molecule has 0 aromatic heterocycles. The Labute approximate surface area is 145 Å². The number of hydrogen-bond donors (Lipinski definition) is 2. The van der Waals surface area contributed by atoms with Crippen LogP contribution in [0.25, 0.3) is 0 Å². The second-order valence-corrected chi connectivity index (χ2v) is 6.94. The third-order valence-corrected chi connectivity index (χ3v) is 4.55. The van der Waals surface area contributed by atoms with Crippen LogP contribution < -0.4 is 5.32 Å². The lowest BCUT2D eigenvalue weighted by atomic mass is 10.00. The fourth-order valence-corrected chi connectivity index (χ4v) is 3.18. The number of carbonyl (C=O) groups is 2. The first kappa shape index (κ1) is 20.5. The third kappa shape index (κ3) is 4.32. The SMILES string of the molecule is CCCCNC(=O)N(O)[C@H]1N(CCCC)C(=O)N(CCC)C1(C)C. The van der Waals surface area contributed by atoms with Gasteiger partial charge in [-0.25, -0.2) is 9.59 Å². The summed E-state index contributed by atoms with van der Waals surface area (Å²) in [5, 5.41) is 14.0. The van der Waals surface area contributed by atoms with Crippen molar-refractivity contribution in [2.45, 2.75) is 78.4 Å². The van der Waals surface area contributed by atoms with E-state index in [9.17, 15) is 14.8 Å². The van der Waals surface area contributed by atoms with Gasteiger partial charge in [0, 0.05) is 19.6 Å². The number of carbonyl (C=O) groups excluding carboxylic acids is 2. The van der Waals surface area contributed by atoms with Crippen molar-refractivity contribution in [3.63, 3.8) is 0 Å². The fourth-order valence-electron chi connectivity index (χ4n) is 3.18. The van der Waals surface area contributed by atoms with Crippen LogP contribution in [0.2, 0.25) is 0 Å². The van der Waals surface area contributed by atoms with E-state index >= 15 is 0 Å². The van der Waals surface area contributed by atoms with Gasteiger partial charge < -0.3 is 10.2 Å². The van der Waals surface area contributed by atoms with Crippen molar-refractivity contribution in [2.75, 3.05) is 19.6 Å². The highest BCUT2D eigenvalue weighted by molar-refractivity contribution is 5.81. The molecule has 0 spiro atoms. The first-order valence-electron chi connectivity index (χ1n) is 9.17. The lowest BCUT2D eigenvalue weighted by molar-refractivity contribution is -0.133. The van der Waals surface area contributed by atoms with E-state index in [2.05, 4.69) is 12.2 Å². The molecule has 0 saturated carbocycles. The zero-order valence-corrected chi connectivity index (χ0v) is 15.8. The molecule has 4 amide bonds. The first-order valence-corrected chi connectivity index (χ1v) is 9.17. The van der Waals surface area contributed by atoms with Crippen molar-refractivity contribution in [2.24, 2.45) is 0 Å². The molecule has 0 aliphatic carbocycles. The van der Waals surface area contributed by atoms with Crippen molar-refractivity contribution in [3.8, 4) is 0 Å². The van der Waals surface area contributed by atoms with Crippen molar-refractivity contribution >= 4 is 12.1 Å². The molecule has 24 heavy (non-hydrogen) atoms. The Balaban J connectivity index is 2.99. The highest BCUT2D eigenvalue weighted by Gasteiger charge is 2.54. The second-order valence-electron chi connectivity index (χ2n) is 6.94. The van der Waals surface area contributed by atoms with Gasteiger partial charge in [-0.15, -0.1) is 0 Å². The topological polar surface area (TPSA) is 76.1 Å². The zero-order chi connectivity index (χ0) is 18.3. The number of hydroxylamine groups is 2. The van der Waals surface area contributed by atoms with Gasteiger partial charge in [-0.1, -0.05) is 33.6 Å². The van der Waals surface area contributed by atoms with Crippen molar-refractivity contribution in [1.29, 1.82) is 0 Å². The van der Waals surface area contributed by atoms with Crippen LogP contribution >= 0.6 is 0 Å². The maximum atomic E-state index is 12.8. The molecule has 0 radical (unpaired) electrons. The summed E-state index contributed by atoms with van der Waals surface area (Å²) in [6.07, 6.45) is 3.74. The molecule has 1 aliphatic heterocycles. The number of nitrogens with one attached hydrogen (secondary N) is 1. The number of unbranched alkanes of at least 4 members (excludes halogenated alkanes) is 2. The number of rotatable bonds is 9. The van der Waals surface area contributed by atoms with Gasteiger partial charge >= 0.3 is 12.1 Å². The molecule has 1 atom stereocenters. The van der Waals surface area contributed by atoms with Crippen LogP contribution in [0, 0.1) is 0 Å². The van der Waals surface area contributed by atoms with E-state index in [1.165, 1.54) is 0 Å². The predicted molar refractivity (Wildman–Crippen MR) is 93.8 cm³/mol. The Kier molecular flexibility index (Phi) is 7.79. The van der Waals surface area contributed by atoms with Crippen LogP contribution in [0.3, 0.4) is 0 Å². The van der Waals surface area contributed by atoms with Crippen LogP contribution in [0.15, 0.2) is 0 Å². The summed E-state index contributed by atoms with van der Waals surface area (Å²) < 4.78 is 0. The van der Waals surface area contributed by atoms with Crippen molar-refractivity contribution < 1.29 is 14.8 Å². The highest BCUT2D eigenvalue weighted by atomic mass is 16.5. The largest absolute Gasteiger partial charge is 0.343 e. The molecule has 1 heterocycles. The van der Waals surface area contributed by atoms with E-state index in [0.717, 1.165) is 32.1 Å². The summed E-state index contributed by atoms with van der Waals surface area (Å²) in [5.41, 5.74) is -0.655. The van der Waals surface area contributed by atoms with E-state index in [1.54, 1.807) is 9.80 Å². The van der Waals surface area contributed by atoms with Gasteiger partial charge in [0.05, 0.1) is 5.54 Å². The summed E-state index contributed by atoms with van der Waals surface area (Å²) in [7, 11) is 0. The van der Waals surface area contributed by atoms with E-state index in [0.29, 0.717) is 24.7 Å². The van der Waals surface area contributed by atoms with Crippen LogP contribution in [0.5, 0.6) is 0 Å². The van der Waals surface area contributed by atoms with Gasteiger partial charge in [-0.05, 0) is 33.1 Å². The normalized spacial score (nSPS) is 19.8. The molecule has 0 aromatic carbocycles. The van der Waals surface area contributed by atoms with E-state index in [4.69, 9.17) is 0 Å². The molecule has 1 aliphatic rings. The predicted octanol–water partition coefficient (Wildman–Crippen LogP) is 3.24. The molecule has 140 valence electrons. The molecule has 0 unspecified atom stereocenters. The van der Waals surface area contributed by atoms with E-state index in [-0.39, 0.29) is 6.03 Å². The van der Waals surface area contributed by atoms with Gasteiger partial charge in [0.15, 0.2) is 6.17 Å². The summed E-state index contributed by atoms with van der Waals surface area (Å²) in [4.78, 5) is 28.5. The number of hydrogen-bond acceptors (Lipinski definition) is 3. The molecule has 1 rings (SSSR count). The van der Waals surface area contributed by atoms with Crippen LogP contribution in [0.1, 0.15) is 66.7 Å². The standard InChI is InChI=1S/C17H34N4O3/c1-6-9-11-18-15(22)21(24)14-17(4,5)20(12-8-3)16(23)19(14)13-10-7-2/h14,24H,6-13H2,1-5H3,(H,18,22)/t14-/m1/s1. The highest BCUT2D eigenvalue weighted by Crippen LogP contribution is 2.34. The van der Waals surface area contributed by atoms with Crippen LogP contribution in [-0.4, -0.2) is 63.5 Å². The quantitative estimate of drug-likeness (QED) is 0.384. The average molecular weight is 342 g/mol. The molecular formula is C17H34N4O3. The van der Waals surface area contributed by atoms with Gasteiger partial charge in [-0.3, -0.25) is 10.1 Å². The van der Waals surface area contributed by atoms with Gasteiger partial charge in [0.25, 0.3) is 0 Å². The fraction of sp³-hybridized carbons (Fsp3) is 0.882. The summed E-state index contributed by atoms with van der Waals surface area (Å²) in [5.74, 6) is 0. The van der Waals surface area contributed by atoms with E-state index < -0.39 is 17.7 Å². The molecule has 7 heteroatoms. The lowest BCUT2D eigenvalue weighted by Crippen LogP contribution is -2.59. The smallest absolute Gasteiger partial charge is 0.336 e. The summed E-state index contributed by atoms with van der Waals surface area (Å²) in [6, 6.07) is -0.658. The maximum absolute atomic E-state index is 12.8. The van der Waals surface area contributed by atoms with Crippen molar-refractivity contribution in [1.82, 2.24) is 20.2 Å².